The fourth-order valence-corrected chi connectivity index (χ4v) is 2.55. The molecule has 0 spiro atoms. The highest BCUT2D eigenvalue weighted by Crippen LogP contribution is 2.24. The molecule has 100 valence electrons. The van der Waals surface area contributed by atoms with Gasteiger partial charge in [0.15, 0.2) is 0 Å². The maximum absolute atomic E-state index is 11.5. The zero-order chi connectivity index (χ0) is 13.1. The molecule has 0 bridgehead atoms. The number of hydrogen-bond donors (Lipinski definition) is 0. The average Bonchev–Trinajstić information content (AvgIpc) is 2.27. The SMILES string of the molecule is CCC(=O)N(C)CC1CCN(C(C)(C)C)CC1. The van der Waals surface area contributed by atoms with Crippen molar-refractivity contribution >= 4 is 5.91 Å². The molecule has 3 heteroatoms. The summed E-state index contributed by atoms with van der Waals surface area (Å²) in [4.78, 5) is 16.0. The number of hydrogen-bond acceptors (Lipinski definition) is 2. The second-order valence-electron chi connectivity index (χ2n) is 6.23. The van der Waals surface area contributed by atoms with Gasteiger partial charge in [0.25, 0.3) is 0 Å². The number of carbonyl (C=O) groups excluding carboxylic acids is 1. The molecule has 0 aromatic rings. The Balaban J connectivity index is 2.35. The van der Waals surface area contributed by atoms with Crippen molar-refractivity contribution in [1.29, 1.82) is 0 Å². The van der Waals surface area contributed by atoms with Gasteiger partial charge in [0.2, 0.25) is 5.91 Å². The molecule has 1 rings (SSSR count). The predicted octanol–water partition coefficient (Wildman–Crippen LogP) is 2.37. The molecule has 1 heterocycles. The third-order valence-electron chi connectivity index (χ3n) is 3.82. The van der Waals surface area contributed by atoms with Crippen molar-refractivity contribution in [2.75, 3.05) is 26.7 Å². The van der Waals surface area contributed by atoms with Crippen molar-refractivity contribution in [3.8, 4) is 0 Å². The molecule has 1 aliphatic heterocycles. The van der Waals surface area contributed by atoms with Gasteiger partial charge in [-0.2, -0.15) is 0 Å². The topological polar surface area (TPSA) is 23.6 Å². The molecule has 1 aliphatic rings. The van der Waals surface area contributed by atoms with Crippen molar-refractivity contribution in [3.63, 3.8) is 0 Å². The minimum Gasteiger partial charge on any atom is -0.345 e. The van der Waals surface area contributed by atoms with Crippen molar-refractivity contribution in [2.24, 2.45) is 5.92 Å². The third-order valence-corrected chi connectivity index (χ3v) is 3.82. The molecule has 17 heavy (non-hydrogen) atoms. The number of amides is 1. The first kappa shape index (κ1) is 14.5. The number of rotatable bonds is 3. The van der Waals surface area contributed by atoms with E-state index in [2.05, 4.69) is 25.7 Å². The van der Waals surface area contributed by atoms with Gasteiger partial charge in [0.1, 0.15) is 0 Å². The number of carbonyl (C=O) groups is 1. The lowest BCUT2D eigenvalue weighted by Crippen LogP contribution is -2.47. The van der Waals surface area contributed by atoms with Crippen LogP contribution in [0.3, 0.4) is 0 Å². The molecule has 0 N–H and O–H groups in total. The van der Waals surface area contributed by atoms with Crippen LogP contribution in [-0.2, 0) is 4.79 Å². The Hall–Kier alpha value is -0.570. The van der Waals surface area contributed by atoms with E-state index in [9.17, 15) is 4.79 Å². The maximum atomic E-state index is 11.5. The maximum Gasteiger partial charge on any atom is 0.222 e. The van der Waals surface area contributed by atoms with Crippen LogP contribution < -0.4 is 0 Å². The van der Waals surface area contributed by atoms with Crippen LogP contribution in [0.2, 0.25) is 0 Å². The molecule has 1 amide bonds. The predicted molar refractivity (Wildman–Crippen MR) is 72.0 cm³/mol. The summed E-state index contributed by atoms with van der Waals surface area (Å²) < 4.78 is 0. The van der Waals surface area contributed by atoms with E-state index in [0.717, 1.165) is 6.54 Å². The lowest BCUT2D eigenvalue weighted by molar-refractivity contribution is -0.130. The minimum absolute atomic E-state index is 0.267. The lowest BCUT2D eigenvalue weighted by atomic mass is 9.92. The van der Waals surface area contributed by atoms with Crippen LogP contribution in [0.25, 0.3) is 0 Å². The summed E-state index contributed by atoms with van der Waals surface area (Å²) in [6.45, 7) is 12.0. The smallest absolute Gasteiger partial charge is 0.222 e. The third kappa shape index (κ3) is 4.30. The summed E-state index contributed by atoms with van der Waals surface area (Å²) in [6, 6.07) is 0. The largest absolute Gasteiger partial charge is 0.345 e. The number of piperidine rings is 1. The van der Waals surface area contributed by atoms with E-state index in [1.165, 1.54) is 25.9 Å². The average molecular weight is 240 g/mol. The molecule has 0 unspecified atom stereocenters. The summed E-state index contributed by atoms with van der Waals surface area (Å²) in [5.74, 6) is 0.956. The summed E-state index contributed by atoms with van der Waals surface area (Å²) in [5, 5.41) is 0. The Morgan fingerprint density at radius 1 is 1.29 bits per heavy atom. The zero-order valence-electron chi connectivity index (χ0n) is 12.1. The molecule has 0 aromatic heterocycles. The van der Waals surface area contributed by atoms with Crippen LogP contribution in [0, 0.1) is 5.92 Å². The molecule has 1 fully saturated rings. The summed E-state index contributed by atoms with van der Waals surface area (Å²) in [5.41, 5.74) is 0.288. The van der Waals surface area contributed by atoms with E-state index in [0.29, 0.717) is 12.3 Å². The Morgan fingerprint density at radius 3 is 2.24 bits per heavy atom. The Morgan fingerprint density at radius 2 is 1.82 bits per heavy atom. The van der Waals surface area contributed by atoms with Crippen molar-refractivity contribution < 1.29 is 4.79 Å². The molecule has 0 saturated carbocycles. The van der Waals surface area contributed by atoms with Gasteiger partial charge in [-0.3, -0.25) is 9.69 Å². The Labute approximate surface area is 106 Å². The summed E-state index contributed by atoms with van der Waals surface area (Å²) in [6.07, 6.45) is 3.06. The van der Waals surface area contributed by atoms with E-state index >= 15 is 0 Å². The lowest BCUT2D eigenvalue weighted by Gasteiger charge is -2.41. The van der Waals surface area contributed by atoms with Crippen molar-refractivity contribution in [1.82, 2.24) is 9.80 Å². The molecular formula is C14H28N2O. The standard InChI is InChI=1S/C14H28N2O/c1-6-13(17)15(5)11-12-7-9-16(10-8-12)14(2,3)4/h12H,6-11H2,1-5H3. The minimum atomic E-state index is 0.267. The highest BCUT2D eigenvalue weighted by atomic mass is 16.2. The van der Waals surface area contributed by atoms with E-state index in [4.69, 9.17) is 0 Å². The van der Waals surface area contributed by atoms with E-state index < -0.39 is 0 Å². The second-order valence-corrected chi connectivity index (χ2v) is 6.23. The molecule has 3 nitrogen and oxygen atoms in total. The van der Waals surface area contributed by atoms with E-state index in [1.807, 2.05) is 18.9 Å². The van der Waals surface area contributed by atoms with Gasteiger partial charge in [-0.15, -0.1) is 0 Å². The van der Waals surface area contributed by atoms with Crippen LogP contribution in [0.1, 0.15) is 47.0 Å². The highest BCUT2D eigenvalue weighted by molar-refractivity contribution is 5.75. The van der Waals surface area contributed by atoms with E-state index in [1.54, 1.807) is 0 Å². The first-order chi connectivity index (χ1) is 7.84. The van der Waals surface area contributed by atoms with Crippen molar-refractivity contribution in [3.05, 3.63) is 0 Å². The zero-order valence-corrected chi connectivity index (χ0v) is 12.1. The van der Waals surface area contributed by atoms with Crippen LogP contribution in [-0.4, -0.2) is 47.9 Å². The Kier molecular flexibility index (Phi) is 4.99. The second kappa shape index (κ2) is 5.85. The first-order valence-electron chi connectivity index (χ1n) is 6.83. The van der Waals surface area contributed by atoms with Gasteiger partial charge in [-0.1, -0.05) is 6.92 Å². The van der Waals surface area contributed by atoms with Gasteiger partial charge in [0.05, 0.1) is 0 Å². The van der Waals surface area contributed by atoms with Crippen molar-refractivity contribution in [2.45, 2.75) is 52.5 Å². The van der Waals surface area contributed by atoms with Gasteiger partial charge >= 0.3 is 0 Å². The molecular weight excluding hydrogens is 212 g/mol. The summed E-state index contributed by atoms with van der Waals surface area (Å²) in [7, 11) is 1.93. The Bertz CT molecular complexity index is 249. The van der Waals surface area contributed by atoms with E-state index in [-0.39, 0.29) is 11.4 Å². The normalized spacial score (nSPS) is 19.4. The van der Waals surface area contributed by atoms with Crippen LogP contribution in [0.4, 0.5) is 0 Å². The molecule has 0 atom stereocenters. The van der Waals surface area contributed by atoms with Gasteiger partial charge < -0.3 is 4.90 Å². The quantitative estimate of drug-likeness (QED) is 0.756. The molecule has 1 saturated heterocycles. The first-order valence-corrected chi connectivity index (χ1v) is 6.83. The molecule has 0 aliphatic carbocycles. The fourth-order valence-electron chi connectivity index (χ4n) is 2.55. The highest BCUT2D eigenvalue weighted by Gasteiger charge is 2.27. The van der Waals surface area contributed by atoms with Crippen LogP contribution >= 0.6 is 0 Å². The van der Waals surface area contributed by atoms with Crippen LogP contribution in [0.5, 0.6) is 0 Å². The number of nitrogens with zero attached hydrogens (tertiary/aromatic N) is 2. The monoisotopic (exact) mass is 240 g/mol. The number of likely N-dealkylation sites (tertiary alicyclic amines) is 1. The van der Waals surface area contributed by atoms with Crippen LogP contribution in [0.15, 0.2) is 0 Å². The fraction of sp³-hybridized carbons (Fsp3) is 0.929. The van der Waals surface area contributed by atoms with Gasteiger partial charge in [-0.25, -0.2) is 0 Å². The van der Waals surface area contributed by atoms with Gasteiger partial charge in [-0.05, 0) is 52.6 Å². The molecule has 0 aromatic carbocycles. The molecule has 0 radical (unpaired) electrons. The summed E-state index contributed by atoms with van der Waals surface area (Å²) >= 11 is 0. The van der Waals surface area contributed by atoms with Gasteiger partial charge in [0, 0.05) is 25.6 Å².